The molecule has 0 spiro atoms. The van der Waals surface area contributed by atoms with Gasteiger partial charge in [0.05, 0.1) is 22.8 Å². The summed E-state index contributed by atoms with van der Waals surface area (Å²) >= 11 is 0. The molecule has 0 fully saturated rings. The molecule has 0 atom stereocenters. The molecule has 0 amide bonds. The van der Waals surface area contributed by atoms with Gasteiger partial charge in [0, 0.05) is 43.6 Å². The van der Waals surface area contributed by atoms with E-state index in [0.29, 0.717) is 13.3 Å². The van der Waals surface area contributed by atoms with E-state index in [1.807, 2.05) is 46.4 Å². The third-order valence-corrected chi connectivity index (χ3v) is 4.95. The average molecular weight is 728 g/mol. The number of hydrogen-bond acceptors (Lipinski definition) is 12. The van der Waals surface area contributed by atoms with Gasteiger partial charge in [-0.2, -0.15) is 20.4 Å². The molecule has 0 saturated carbocycles. The molecule has 4 aromatic rings. The monoisotopic (exact) mass is 726 g/mol. The Morgan fingerprint density at radius 2 is 0.619 bits per heavy atom. The molecule has 0 aliphatic carbocycles. The van der Waals surface area contributed by atoms with E-state index in [1.165, 1.54) is 22.8 Å². The van der Waals surface area contributed by atoms with Crippen molar-refractivity contribution in [2.75, 3.05) is 0 Å². The fraction of sp³-hybridized carbons (Fsp3) is 0.455. The summed E-state index contributed by atoms with van der Waals surface area (Å²) < 4.78 is 76.0. The summed E-state index contributed by atoms with van der Waals surface area (Å²) in [6.07, 6.45) is 0. The number of rotatable bonds is 4. The normalized spacial score (nSPS) is 10.6. The zero-order valence-corrected chi connectivity index (χ0v) is 27.5. The first-order chi connectivity index (χ1) is 18.1. The number of aryl methyl sites for hydroxylation is 8. The van der Waals surface area contributed by atoms with Crippen molar-refractivity contribution >= 4 is 20.8 Å². The summed E-state index contributed by atoms with van der Waals surface area (Å²) in [7, 11) is -10.3. The predicted octanol–water partition coefficient (Wildman–Crippen LogP) is 0.957. The standard InChI is InChI=1S/2C11H16N4.2Cu.2H2O4S/c2*1-8-5-10(3)14(12-8)7-15-11(4)6-9(2)13-15;;;2*1-5(2,3)4/h2*5-6H,7H2,1-4H3;;;2*(H2,1,2,3,4)/q;;2*+2;;/p-4. The summed E-state index contributed by atoms with van der Waals surface area (Å²) in [6, 6.07) is 8.30. The van der Waals surface area contributed by atoms with Crippen LogP contribution in [0.3, 0.4) is 0 Å². The Kier molecular flexibility index (Phi) is 17.6. The van der Waals surface area contributed by atoms with Crippen LogP contribution in [0.15, 0.2) is 24.3 Å². The first-order valence-electron chi connectivity index (χ1n) is 11.5. The van der Waals surface area contributed by atoms with Crippen LogP contribution in [-0.4, -0.2) is 74.2 Å². The molecule has 0 aliphatic heterocycles. The van der Waals surface area contributed by atoms with Gasteiger partial charge >= 0.3 is 34.1 Å². The van der Waals surface area contributed by atoms with E-state index in [4.69, 9.17) is 35.0 Å². The summed E-state index contributed by atoms with van der Waals surface area (Å²) in [6.45, 7) is 17.7. The topological polar surface area (TPSA) is 232 Å². The molecule has 0 saturated heterocycles. The maximum absolute atomic E-state index is 8.52. The first kappa shape index (κ1) is 41.8. The quantitative estimate of drug-likeness (QED) is 0.163. The molecular formula is C22H32Cu2N8O8S2. The van der Waals surface area contributed by atoms with E-state index in [0.717, 1.165) is 22.8 Å². The average Bonchev–Trinajstić information content (AvgIpc) is 3.42. The van der Waals surface area contributed by atoms with Gasteiger partial charge in [-0.05, 0) is 79.7 Å². The number of hydrogen-bond donors (Lipinski definition) is 0. The Morgan fingerprint density at radius 1 is 0.476 bits per heavy atom. The zero-order valence-electron chi connectivity index (χ0n) is 24.0. The van der Waals surface area contributed by atoms with E-state index in [2.05, 4.69) is 72.4 Å². The van der Waals surface area contributed by atoms with E-state index >= 15 is 0 Å². The van der Waals surface area contributed by atoms with Gasteiger partial charge in [0.25, 0.3) is 0 Å². The summed E-state index contributed by atoms with van der Waals surface area (Å²) in [5, 5.41) is 17.6. The largest absolute Gasteiger partial charge is 2.00 e. The Balaban J connectivity index is 0. The minimum Gasteiger partial charge on any atom is -0.759 e. The van der Waals surface area contributed by atoms with E-state index in [9.17, 15) is 0 Å². The Hall–Kier alpha value is -2.38. The predicted molar refractivity (Wildman–Crippen MR) is 139 cm³/mol. The van der Waals surface area contributed by atoms with E-state index in [-0.39, 0.29) is 34.1 Å². The molecule has 4 heterocycles. The zero-order chi connectivity index (χ0) is 31.0. The van der Waals surface area contributed by atoms with Gasteiger partial charge in [-0.1, -0.05) is 0 Å². The van der Waals surface area contributed by atoms with Crippen LogP contribution in [0.5, 0.6) is 0 Å². The number of aromatic nitrogens is 8. The molecule has 4 rings (SSSR count). The molecular weight excluding hydrogens is 696 g/mol. The van der Waals surface area contributed by atoms with Crippen LogP contribution in [0, 0.1) is 55.4 Å². The summed E-state index contributed by atoms with van der Waals surface area (Å²) in [5.74, 6) is 0. The summed E-state index contributed by atoms with van der Waals surface area (Å²) in [4.78, 5) is 0. The molecule has 42 heavy (non-hydrogen) atoms. The third kappa shape index (κ3) is 17.5. The Morgan fingerprint density at radius 3 is 0.714 bits per heavy atom. The number of nitrogens with zero attached hydrogens (tertiary/aromatic N) is 8. The van der Waals surface area contributed by atoms with Crippen molar-refractivity contribution in [2.24, 2.45) is 0 Å². The molecule has 0 unspecified atom stereocenters. The molecule has 4 aromatic heterocycles. The van der Waals surface area contributed by atoms with Crippen LogP contribution < -0.4 is 0 Å². The second-order valence-electron chi connectivity index (χ2n) is 8.81. The molecule has 2 radical (unpaired) electrons. The van der Waals surface area contributed by atoms with Crippen LogP contribution in [0.1, 0.15) is 45.6 Å². The van der Waals surface area contributed by atoms with Gasteiger partial charge in [-0.25, -0.2) is 18.7 Å². The SMILES string of the molecule is Cc1cc(C)n(Cn2nc(C)cc2C)n1.Cc1cc(C)n(Cn2nc(C)cc2C)n1.O=S(=O)([O-])[O-].O=S(=O)([O-])[O-].[Cu+2].[Cu+2]. The maximum Gasteiger partial charge on any atom is 2.00 e. The third-order valence-electron chi connectivity index (χ3n) is 4.95. The second kappa shape index (κ2) is 17.7. The van der Waals surface area contributed by atoms with Gasteiger partial charge in [-0.3, -0.25) is 16.8 Å². The van der Waals surface area contributed by atoms with Crippen LogP contribution in [0.2, 0.25) is 0 Å². The van der Waals surface area contributed by atoms with Crippen LogP contribution in [0.25, 0.3) is 0 Å². The Labute approximate surface area is 266 Å². The summed E-state index contributed by atoms with van der Waals surface area (Å²) in [5.41, 5.74) is 8.87. The smallest absolute Gasteiger partial charge is 0.759 e. The fourth-order valence-electron chi connectivity index (χ4n) is 3.53. The molecule has 16 nitrogen and oxygen atoms in total. The Bertz CT molecular complexity index is 1400. The van der Waals surface area contributed by atoms with Gasteiger partial charge in [0.15, 0.2) is 0 Å². The fourth-order valence-corrected chi connectivity index (χ4v) is 3.53. The van der Waals surface area contributed by atoms with E-state index in [1.54, 1.807) is 0 Å². The van der Waals surface area contributed by atoms with E-state index < -0.39 is 20.8 Å². The molecule has 0 N–H and O–H groups in total. The van der Waals surface area contributed by atoms with Crippen molar-refractivity contribution in [1.29, 1.82) is 0 Å². The first-order valence-corrected chi connectivity index (χ1v) is 14.2. The van der Waals surface area contributed by atoms with Gasteiger partial charge in [0.1, 0.15) is 13.3 Å². The minimum atomic E-state index is -5.17. The molecule has 0 bridgehead atoms. The molecule has 242 valence electrons. The maximum atomic E-state index is 8.52. The van der Waals surface area contributed by atoms with Crippen molar-refractivity contribution in [3.63, 3.8) is 0 Å². The molecule has 20 heteroatoms. The van der Waals surface area contributed by atoms with Crippen LogP contribution in [0.4, 0.5) is 0 Å². The van der Waals surface area contributed by atoms with Gasteiger partial charge in [-0.15, -0.1) is 0 Å². The van der Waals surface area contributed by atoms with Gasteiger partial charge in [0.2, 0.25) is 0 Å². The van der Waals surface area contributed by atoms with Crippen LogP contribution in [-0.2, 0) is 68.3 Å². The minimum absolute atomic E-state index is 0. The molecule has 0 aliphatic rings. The van der Waals surface area contributed by atoms with Crippen molar-refractivity contribution in [1.82, 2.24) is 39.1 Å². The van der Waals surface area contributed by atoms with Crippen molar-refractivity contribution in [2.45, 2.75) is 68.7 Å². The van der Waals surface area contributed by atoms with Crippen LogP contribution >= 0.6 is 0 Å². The second-order valence-corrected chi connectivity index (χ2v) is 10.4. The van der Waals surface area contributed by atoms with Crippen molar-refractivity contribution < 1.29 is 69.2 Å². The van der Waals surface area contributed by atoms with Crippen molar-refractivity contribution in [3.8, 4) is 0 Å². The molecule has 0 aromatic carbocycles. The van der Waals surface area contributed by atoms with Gasteiger partial charge < -0.3 is 18.2 Å². The van der Waals surface area contributed by atoms with Crippen molar-refractivity contribution in [3.05, 3.63) is 69.8 Å².